The SMILES string of the molecule is CCCN(CCC)CCC.ClC(Cl)Cl. The van der Waals surface area contributed by atoms with Crippen LogP contribution in [-0.2, 0) is 0 Å². The molecule has 14 heavy (non-hydrogen) atoms. The second-order valence-electron chi connectivity index (χ2n) is 3.09. The Kier molecular flexibility index (Phi) is 17.0. The maximum absolute atomic E-state index is 4.81. The summed E-state index contributed by atoms with van der Waals surface area (Å²) >= 11 is 14.4. The average Bonchev–Trinajstić information content (AvgIpc) is 2.04. The molecule has 0 N–H and O–H groups in total. The van der Waals surface area contributed by atoms with Gasteiger partial charge in [0.25, 0.3) is 0 Å². The first-order valence-electron chi connectivity index (χ1n) is 5.22. The van der Waals surface area contributed by atoms with Gasteiger partial charge in [0.2, 0.25) is 0 Å². The smallest absolute Gasteiger partial charge is 0.180 e. The summed E-state index contributed by atoms with van der Waals surface area (Å²) in [7, 11) is 0. The third kappa shape index (κ3) is 18.6. The molecule has 1 nitrogen and oxygen atoms in total. The van der Waals surface area contributed by atoms with E-state index in [1.165, 1.54) is 38.9 Å². The van der Waals surface area contributed by atoms with Crippen molar-refractivity contribution < 1.29 is 0 Å². The van der Waals surface area contributed by atoms with Crippen molar-refractivity contribution >= 4 is 34.8 Å². The molecule has 88 valence electrons. The molecule has 0 atom stereocenters. The molecule has 0 rings (SSSR count). The fourth-order valence-corrected chi connectivity index (χ4v) is 1.28. The van der Waals surface area contributed by atoms with Gasteiger partial charge in [0.1, 0.15) is 0 Å². The van der Waals surface area contributed by atoms with E-state index in [-0.39, 0.29) is 0 Å². The van der Waals surface area contributed by atoms with Gasteiger partial charge in [0.05, 0.1) is 0 Å². The molecule has 4 heteroatoms. The quantitative estimate of drug-likeness (QED) is 0.637. The average molecular weight is 263 g/mol. The number of hydrogen-bond donors (Lipinski definition) is 0. The topological polar surface area (TPSA) is 3.24 Å². The fraction of sp³-hybridized carbons (Fsp3) is 1.00. The highest BCUT2D eigenvalue weighted by Gasteiger charge is 1.98. The van der Waals surface area contributed by atoms with Crippen LogP contribution in [0.4, 0.5) is 0 Å². The Morgan fingerprint density at radius 3 is 1.14 bits per heavy atom. The van der Waals surface area contributed by atoms with Crippen LogP contribution in [0.25, 0.3) is 0 Å². The first-order chi connectivity index (χ1) is 6.58. The molecule has 0 aromatic carbocycles. The first-order valence-corrected chi connectivity index (χ1v) is 6.53. The number of nitrogens with zero attached hydrogens (tertiary/aromatic N) is 1. The van der Waals surface area contributed by atoms with Crippen LogP contribution in [-0.4, -0.2) is 28.8 Å². The van der Waals surface area contributed by atoms with E-state index < -0.39 is 4.30 Å². The van der Waals surface area contributed by atoms with Gasteiger partial charge in [-0.2, -0.15) is 0 Å². The zero-order valence-corrected chi connectivity index (χ0v) is 11.7. The fourth-order valence-electron chi connectivity index (χ4n) is 1.28. The first kappa shape index (κ1) is 17.2. The molecule has 0 unspecified atom stereocenters. The minimum absolute atomic E-state index is 0.750. The molecule has 0 aromatic rings. The minimum Gasteiger partial charge on any atom is -0.303 e. The van der Waals surface area contributed by atoms with Gasteiger partial charge < -0.3 is 4.90 Å². The summed E-state index contributed by atoms with van der Waals surface area (Å²) in [4.78, 5) is 2.54. The Balaban J connectivity index is 0. The standard InChI is InChI=1S/C9H21N.CHCl3/c1-4-7-10(8-5-2)9-6-3;2-1(3)4/h4-9H2,1-3H3;1H. The van der Waals surface area contributed by atoms with Gasteiger partial charge in [0, 0.05) is 0 Å². The summed E-state index contributed by atoms with van der Waals surface area (Å²) in [6.07, 6.45) is 3.88. The molecular weight excluding hydrogens is 240 g/mol. The molecule has 0 aliphatic heterocycles. The lowest BCUT2D eigenvalue weighted by Gasteiger charge is -2.19. The molecule has 0 aliphatic rings. The Labute approximate surface area is 104 Å². The van der Waals surface area contributed by atoms with Gasteiger partial charge >= 0.3 is 0 Å². The Hall–Kier alpha value is 0.830. The van der Waals surface area contributed by atoms with Gasteiger partial charge in [-0.3, -0.25) is 0 Å². The predicted octanol–water partition coefficient (Wildman–Crippen LogP) is 4.50. The zero-order valence-electron chi connectivity index (χ0n) is 9.40. The molecule has 0 heterocycles. The normalized spacial score (nSPS) is 10.3. The van der Waals surface area contributed by atoms with Crippen molar-refractivity contribution in [3.63, 3.8) is 0 Å². The van der Waals surface area contributed by atoms with E-state index in [0.29, 0.717) is 0 Å². The van der Waals surface area contributed by atoms with Crippen LogP contribution < -0.4 is 0 Å². The van der Waals surface area contributed by atoms with Gasteiger partial charge in [-0.25, -0.2) is 0 Å². The lowest BCUT2D eigenvalue weighted by molar-refractivity contribution is 0.275. The van der Waals surface area contributed by atoms with E-state index in [9.17, 15) is 0 Å². The summed E-state index contributed by atoms with van der Waals surface area (Å²) in [5.41, 5.74) is 0. The van der Waals surface area contributed by atoms with E-state index in [1.807, 2.05) is 0 Å². The summed E-state index contributed by atoms with van der Waals surface area (Å²) in [5, 5.41) is 0. The van der Waals surface area contributed by atoms with Gasteiger partial charge in [-0.1, -0.05) is 55.6 Å². The summed E-state index contributed by atoms with van der Waals surface area (Å²) in [5.74, 6) is 0. The molecule has 0 aromatic heterocycles. The van der Waals surface area contributed by atoms with Crippen LogP contribution in [0, 0.1) is 0 Å². The minimum atomic E-state index is -0.750. The second kappa shape index (κ2) is 13.8. The van der Waals surface area contributed by atoms with Crippen molar-refractivity contribution in [2.75, 3.05) is 19.6 Å². The zero-order chi connectivity index (χ0) is 11.4. The van der Waals surface area contributed by atoms with E-state index in [1.54, 1.807) is 0 Å². The van der Waals surface area contributed by atoms with Crippen molar-refractivity contribution in [2.24, 2.45) is 0 Å². The maximum atomic E-state index is 4.81. The lowest BCUT2D eigenvalue weighted by Crippen LogP contribution is -2.25. The molecule has 0 bridgehead atoms. The van der Waals surface area contributed by atoms with Crippen LogP contribution in [0.3, 0.4) is 0 Å². The van der Waals surface area contributed by atoms with Crippen molar-refractivity contribution in [1.29, 1.82) is 0 Å². The van der Waals surface area contributed by atoms with Crippen molar-refractivity contribution in [1.82, 2.24) is 4.90 Å². The number of rotatable bonds is 6. The Morgan fingerprint density at radius 2 is 1.00 bits per heavy atom. The summed E-state index contributed by atoms with van der Waals surface area (Å²) < 4.78 is -0.750. The van der Waals surface area contributed by atoms with E-state index in [4.69, 9.17) is 34.8 Å². The molecule has 0 spiro atoms. The van der Waals surface area contributed by atoms with Crippen LogP contribution in [0.5, 0.6) is 0 Å². The van der Waals surface area contributed by atoms with Crippen LogP contribution >= 0.6 is 34.8 Å². The van der Waals surface area contributed by atoms with Gasteiger partial charge in [-0.15, -0.1) is 0 Å². The van der Waals surface area contributed by atoms with Crippen LogP contribution in [0.2, 0.25) is 0 Å². The maximum Gasteiger partial charge on any atom is 0.180 e. The number of halogens is 3. The van der Waals surface area contributed by atoms with Gasteiger partial charge in [0.15, 0.2) is 4.30 Å². The van der Waals surface area contributed by atoms with Crippen molar-refractivity contribution in [3.05, 3.63) is 0 Å². The van der Waals surface area contributed by atoms with Crippen LogP contribution in [0.1, 0.15) is 40.0 Å². The van der Waals surface area contributed by atoms with E-state index >= 15 is 0 Å². The predicted molar refractivity (Wildman–Crippen MR) is 68.7 cm³/mol. The highest BCUT2D eigenvalue weighted by Crippen LogP contribution is 2.03. The highest BCUT2D eigenvalue weighted by atomic mass is 35.6. The molecular formula is C10H22Cl3N. The third-order valence-electron chi connectivity index (χ3n) is 1.62. The lowest BCUT2D eigenvalue weighted by atomic mass is 10.3. The Bertz CT molecular complexity index is 82.3. The number of hydrogen-bond acceptors (Lipinski definition) is 1. The van der Waals surface area contributed by atoms with Crippen molar-refractivity contribution in [3.8, 4) is 0 Å². The molecule has 0 saturated heterocycles. The molecule has 0 saturated carbocycles. The molecule has 0 radical (unpaired) electrons. The largest absolute Gasteiger partial charge is 0.303 e. The van der Waals surface area contributed by atoms with E-state index in [0.717, 1.165) is 0 Å². The summed E-state index contributed by atoms with van der Waals surface area (Å²) in [6, 6.07) is 0. The Morgan fingerprint density at radius 1 is 0.786 bits per heavy atom. The highest BCUT2D eigenvalue weighted by molar-refractivity contribution is 6.63. The van der Waals surface area contributed by atoms with E-state index in [2.05, 4.69) is 25.7 Å². The monoisotopic (exact) mass is 261 g/mol. The second-order valence-corrected chi connectivity index (χ2v) is 5.07. The van der Waals surface area contributed by atoms with Crippen LogP contribution in [0.15, 0.2) is 0 Å². The van der Waals surface area contributed by atoms with Gasteiger partial charge in [-0.05, 0) is 38.9 Å². The molecule has 0 aliphatic carbocycles. The number of alkyl halides is 3. The molecule has 0 fully saturated rings. The molecule has 0 amide bonds. The summed E-state index contributed by atoms with van der Waals surface area (Å²) in [6.45, 7) is 10.6. The third-order valence-corrected chi connectivity index (χ3v) is 1.62. The van der Waals surface area contributed by atoms with Crippen molar-refractivity contribution in [2.45, 2.75) is 44.3 Å².